The topological polar surface area (TPSA) is 68.5 Å². The summed E-state index contributed by atoms with van der Waals surface area (Å²) in [6.45, 7) is 1.72. The smallest absolute Gasteiger partial charge is 0.228 e. The zero-order chi connectivity index (χ0) is 16.9. The molecule has 2 aromatic rings. The summed E-state index contributed by atoms with van der Waals surface area (Å²) in [5.41, 5.74) is 6.53. The highest BCUT2D eigenvalue weighted by Gasteiger charge is 2.27. The highest BCUT2D eigenvalue weighted by Crippen LogP contribution is 2.20. The highest BCUT2D eigenvalue weighted by atomic mass is 35.5. The molecule has 1 fully saturated rings. The molecule has 1 aliphatic rings. The van der Waals surface area contributed by atoms with E-state index in [1.807, 2.05) is 22.4 Å². The Balaban J connectivity index is 0.00000169. The zero-order valence-corrected chi connectivity index (χ0v) is 17.3. The maximum Gasteiger partial charge on any atom is 0.228 e. The summed E-state index contributed by atoms with van der Waals surface area (Å²) >= 11 is 7.35. The Morgan fingerprint density at radius 2 is 2.08 bits per heavy atom. The van der Waals surface area contributed by atoms with Crippen LogP contribution in [0.1, 0.15) is 23.5 Å². The molecule has 1 aliphatic heterocycles. The van der Waals surface area contributed by atoms with Gasteiger partial charge < -0.3 is 15.4 Å². The van der Waals surface area contributed by atoms with Crippen molar-refractivity contribution in [3.63, 3.8) is 0 Å². The Morgan fingerprint density at radius 3 is 2.77 bits per heavy atom. The first-order valence-corrected chi connectivity index (χ1v) is 9.22. The van der Waals surface area contributed by atoms with E-state index in [0.717, 1.165) is 35.8 Å². The van der Waals surface area contributed by atoms with Crippen molar-refractivity contribution in [2.75, 3.05) is 13.1 Å². The number of rotatable bonds is 6. The number of carbonyl (C=O) groups is 1. The monoisotopic (exact) mass is 437 g/mol. The van der Waals surface area contributed by atoms with Gasteiger partial charge in [-0.05, 0) is 37.1 Å². The Labute approximate surface area is 174 Å². The standard InChI is InChI=1S/C17H20ClN3O2S.2ClH/c18-12-3-5-15(6-4-12)23-10-16-20-13(11-24-16)8-17(22)21-7-1-2-14(21)9-19;;/h3-6,11,14H,1-2,7-10,19H2;2*1H. The van der Waals surface area contributed by atoms with Crippen LogP contribution in [0.15, 0.2) is 29.6 Å². The first-order valence-electron chi connectivity index (χ1n) is 7.97. The molecule has 2 N–H and O–H groups in total. The number of aromatic nitrogens is 1. The zero-order valence-electron chi connectivity index (χ0n) is 14.1. The summed E-state index contributed by atoms with van der Waals surface area (Å²) in [4.78, 5) is 18.8. The van der Waals surface area contributed by atoms with Gasteiger partial charge >= 0.3 is 0 Å². The molecule has 1 atom stereocenters. The lowest BCUT2D eigenvalue weighted by atomic mass is 10.2. The molecule has 1 saturated heterocycles. The third kappa shape index (κ3) is 5.99. The average Bonchev–Trinajstić information content (AvgIpc) is 3.23. The number of nitrogens with two attached hydrogens (primary N) is 1. The number of nitrogens with zero attached hydrogens (tertiary/aromatic N) is 2. The predicted octanol–water partition coefficient (Wildman–Crippen LogP) is 3.71. The van der Waals surface area contributed by atoms with Crippen molar-refractivity contribution in [2.24, 2.45) is 5.73 Å². The van der Waals surface area contributed by atoms with Gasteiger partial charge in [0.1, 0.15) is 17.4 Å². The number of hydrogen-bond acceptors (Lipinski definition) is 5. The molecule has 2 heterocycles. The molecule has 5 nitrogen and oxygen atoms in total. The fraction of sp³-hybridized carbons (Fsp3) is 0.412. The van der Waals surface area contributed by atoms with Crippen molar-refractivity contribution in [1.82, 2.24) is 9.88 Å². The number of likely N-dealkylation sites (tertiary alicyclic amines) is 1. The summed E-state index contributed by atoms with van der Waals surface area (Å²) in [6, 6.07) is 7.39. The molecule has 0 radical (unpaired) electrons. The third-order valence-corrected chi connectivity index (χ3v) is 5.20. The van der Waals surface area contributed by atoms with Gasteiger partial charge in [0.25, 0.3) is 0 Å². The van der Waals surface area contributed by atoms with Crippen molar-refractivity contribution in [3.8, 4) is 5.75 Å². The van der Waals surface area contributed by atoms with Crippen LogP contribution in [-0.2, 0) is 17.8 Å². The molecule has 1 unspecified atom stereocenters. The normalized spacial score (nSPS) is 15.9. The summed E-state index contributed by atoms with van der Waals surface area (Å²) in [5.74, 6) is 0.855. The van der Waals surface area contributed by atoms with E-state index in [1.54, 1.807) is 12.1 Å². The van der Waals surface area contributed by atoms with Crippen molar-refractivity contribution in [1.29, 1.82) is 0 Å². The van der Waals surface area contributed by atoms with Crippen molar-refractivity contribution in [3.05, 3.63) is 45.4 Å². The number of hydrogen-bond donors (Lipinski definition) is 1. The average molecular weight is 439 g/mol. The predicted molar refractivity (Wildman–Crippen MR) is 110 cm³/mol. The number of amides is 1. The second-order valence-corrected chi connectivity index (χ2v) is 7.15. The molecule has 1 aromatic heterocycles. The van der Waals surface area contributed by atoms with E-state index in [9.17, 15) is 4.79 Å². The molecule has 144 valence electrons. The van der Waals surface area contributed by atoms with E-state index in [0.29, 0.717) is 24.6 Å². The molecule has 3 rings (SSSR count). The van der Waals surface area contributed by atoms with E-state index in [1.165, 1.54) is 11.3 Å². The van der Waals surface area contributed by atoms with Gasteiger partial charge in [0.2, 0.25) is 5.91 Å². The van der Waals surface area contributed by atoms with Gasteiger partial charge in [-0.2, -0.15) is 0 Å². The van der Waals surface area contributed by atoms with Crippen LogP contribution in [0.5, 0.6) is 5.75 Å². The molecule has 26 heavy (non-hydrogen) atoms. The number of carbonyl (C=O) groups excluding carboxylic acids is 1. The summed E-state index contributed by atoms with van der Waals surface area (Å²) < 4.78 is 5.68. The van der Waals surface area contributed by atoms with Gasteiger partial charge in [-0.3, -0.25) is 4.79 Å². The molecule has 1 amide bonds. The van der Waals surface area contributed by atoms with Crippen LogP contribution in [0.4, 0.5) is 0 Å². The maximum atomic E-state index is 12.4. The Kier molecular flexibility index (Phi) is 9.68. The lowest BCUT2D eigenvalue weighted by molar-refractivity contribution is -0.131. The van der Waals surface area contributed by atoms with Gasteiger partial charge in [0.15, 0.2) is 0 Å². The molecule has 0 bridgehead atoms. The van der Waals surface area contributed by atoms with E-state index >= 15 is 0 Å². The van der Waals surface area contributed by atoms with Crippen LogP contribution in [0.3, 0.4) is 0 Å². The first-order chi connectivity index (χ1) is 11.7. The quantitative estimate of drug-likeness (QED) is 0.746. The number of halogens is 3. The van der Waals surface area contributed by atoms with Crippen molar-refractivity contribution in [2.45, 2.75) is 31.9 Å². The molecule has 9 heteroatoms. The lowest BCUT2D eigenvalue weighted by Gasteiger charge is -2.23. The van der Waals surface area contributed by atoms with E-state index in [-0.39, 0.29) is 36.8 Å². The van der Waals surface area contributed by atoms with Gasteiger partial charge in [0, 0.05) is 29.5 Å². The minimum absolute atomic E-state index is 0. The second-order valence-electron chi connectivity index (χ2n) is 5.77. The largest absolute Gasteiger partial charge is 0.486 e. The van der Waals surface area contributed by atoms with Crippen LogP contribution in [0, 0.1) is 0 Å². The minimum atomic E-state index is 0. The van der Waals surface area contributed by atoms with Crippen molar-refractivity contribution >= 4 is 53.7 Å². The molecule has 0 saturated carbocycles. The first kappa shape index (κ1) is 23.0. The van der Waals surface area contributed by atoms with E-state index in [4.69, 9.17) is 22.1 Å². The molecule has 0 aliphatic carbocycles. The highest BCUT2D eigenvalue weighted by molar-refractivity contribution is 7.09. The fourth-order valence-corrected chi connectivity index (χ4v) is 3.67. The van der Waals surface area contributed by atoms with Gasteiger partial charge in [-0.1, -0.05) is 11.6 Å². The summed E-state index contributed by atoms with van der Waals surface area (Å²) in [5, 5.41) is 3.45. The van der Waals surface area contributed by atoms with Gasteiger partial charge in [0.05, 0.1) is 12.1 Å². The minimum Gasteiger partial charge on any atom is -0.486 e. The van der Waals surface area contributed by atoms with E-state index in [2.05, 4.69) is 4.98 Å². The lowest BCUT2D eigenvalue weighted by Crippen LogP contribution is -2.40. The fourth-order valence-electron chi connectivity index (χ4n) is 2.84. The van der Waals surface area contributed by atoms with Gasteiger partial charge in [-0.15, -0.1) is 36.2 Å². The van der Waals surface area contributed by atoms with Crippen LogP contribution in [0.2, 0.25) is 5.02 Å². The number of thiazole rings is 1. The third-order valence-electron chi connectivity index (χ3n) is 4.08. The van der Waals surface area contributed by atoms with Crippen LogP contribution < -0.4 is 10.5 Å². The Morgan fingerprint density at radius 1 is 1.35 bits per heavy atom. The Bertz CT molecular complexity index is 697. The van der Waals surface area contributed by atoms with Crippen LogP contribution in [0.25, 0.3) is 0 Å². The summed E-state index contributed by atoms with van der Waals surface area (Å²) in [6.07, 6.45) is 2.36. The number of ether oxygens (including phenoxy) is 1. The summed E-state index contributed by atoms with van der Waals surface area (Å²) in [7, 11) is 0. The molecular formula is C17H22Cl3N3O2S. The SMILES string of the molecule is Cl.Cl.NCC1CCCN1C(=O)Cc1csc(COc2ccc(Cl)cc2)n1. The Hall–Kier alpha value is -1.05. The number of benzene rings is 1. The van der Waals surface area contributed by atoms with E-state index < -0.39 is 0 Å². The molecule has 1 aromatic carbocycles. The van der Waals surface area contributed by atoms with Crippen molar-refractivity contribution < 1.29 is 9.53 Å². The molecular weight excluding hydrogens is 417 g/mol. The maximum absolute atomic E-state index is 12.4. The second kappa shape index (κ2) is 10.9. The van der Waals surface area contributed by atoms with Crippen LogP contribution >= 0.6 is 47.8 Å². The molecule has 0 spiro atoms. The van der Waals surface area contributed by atoms with Gasteiger partial charge in [-0.25, -0.2) is 4.98 Å². The van der Waals surface area contributed by atoms with Crippen LogP contribution in [-0.4, -0.2) is 34.9 Å².